The molecule has 0 aliphatic carbocycles. The molecule has 0 saturated carbocycles. The molecule has 2 radical (unpaired) electrons. The van der Waals surface area contributed by atoms with E-state index in [-0.39, 0.29) is 57.7 Å². The molecule has 1 aliphatic heterocycles. The maximum absolute atomic E-state index is 11.4. The SMILES string of the molecule is CNC([S-])=NN=CC=NN=C(C)[S-].CNC([S-])=NN=CC=NN=C([S-])NCCOCCOCCO[C@@H]1OC(CO)[C@H](O)[C@H](O)C1NC(C)=O.[Cu+2].[Cu+2]. The maximum Gasteiger partial charge on any atom is 2.00 e. The molecule has 5 atom stereocenters. The number of carbonyl (C=O) groups is 1. The van der Waals surface area contributed by atoms with Crippen molar-refractivity contribution in [3.05, 3.63) is 0 Å². The van der Waals surface area contributed by atoms with Crippen LogP contribution in [0.3, 0.4) is 0 Å². The molecule has 7 N–H and O–H groups in total. The van der Waals surface area contributed by atoms with Crippen LogP contribution in [0, 0.1) is 0 Å². The normalized spacial score (nSPS) is 21.6. The molecule has 0 bridgehead atoms. The number of hydrogen-bond acceptors (Lipinski definition) is 20. The van der Waals surface area contributed by atoms with Gasteiger partial charge in [-0.2, -0.15) is 40.8 Å². The summed E-state index contributed by atoms with van der Waals surface area (Å²) >= 11 is 19.1. The van der Waals surface area contributed by atoms with Gasteiger partial charge < -0.3 is 106 Å². The molecule has 0 spiro atoms. The van der Waals surface area contributed by atoms with Crippen molar-refractivity contribution < 1.29 is 73.2 Å². The van der Waals surface area contributed by atoms with Crippen LogP contribution in [0.1, 0.15) is 13.8 Å². The fraction of sp³-hybridized carbons (Fsp3) is 0.640. The van der Waals surface area contributed by atoms with Gasteiger partial charge in [-0.05, 0) is 22.4 Å². The van der Waals surface area contributed by atoms with Gasteiger partial charge >= 0.3 is 34.1 Å². The van der Waals surface area contributed by atoms with Crippen molar-refractivity contribution in [1.82, 2.24) is 21.3 Å². The summed E-state index contributed by atoms with van der Waals surface area (Å²) in [5.41, 5.74) is 0. The molecule has 0 aromatic rings. The molecule has 26 heteroatoms. The van der Waals surface area contributed by atoms with Crippen molar-refractivity contribution in [3.8, 4) is 0 Å². The topological polar surface area (TPSA) is 262 Å². The van der Waals surface area contributed by atoms with Gasteiger partial charge in [0.05, 0.1) is 64.5 Å². The zero-order valence-electron chi connectivity index (χ0n) is 27.8. The Kier molecular flexibility index (Phi) is 36.5. The molecule has 1 amide bonds. The Bertz CT molecular complexity index is 1190. The number of aliphatic hydroxyl groups is 3. The molecule has 51 heavy (non-hydrogen) atoms. The molecule has 2 unspecified atom stereocenters. The third-order valence-corrected chi connectivity index (χ3v) is 6.01. The number of ether oxygens (including phenoxy) is 4. The van der Waals surface area contributed by atoms with Crippen molar-refractivity contribution >= 4 is 102 Å². The summed E-state index contributed by atoms with van der Waals surface area (Å²) < 4.78 is 21.8. The van der Waals surface area contributed by atoms with Gasteiger partial charge in [-0.15, -0.1) is 0 Å². The Morgan fingerprint density at radius 1 is 0.745 bits per heavy atom. The van der Waals surface area contributed by atoms with Crippen molar-refractivity contribution in [1.29, 1.82) is 0 Å². The molecule has 296 valence electrons. The standard InChI is InChI=1S/C19H35N7O8S2.C6H11N5S2.2Cu/c1-12(28)24-14-16(30)15(29)13(11-27)34-17(14)33-10-9-32-8-7-31-6-5-21-19(36)26-23-4-3-22-25-18(35)20-2;1-5(12)10-8-3-4-9-11-6(13)7-2;;/h3-4,13-17,27,29-30H,5-11H2,1-2H3,(H,24,28)(H2,20,25,35)(H2,21,26,36);3-4H,1-2H3,(H,10,12)(H2,7,11,13);;/q;;2*+2/p-4/t13?,14?,15-,16+,17+;;;/m0.../s1. The Labute approximate surface area is 340 Å². The van der Waals surface area contributed by atoms with Crippen molar-refractivity contribution in [2.75, 3.05) is 60.3 Å². The van der Waals surface area contributed by atoms with Crippen LogP contribution in [-0.2, 0) is 108 Å². The van der Waals surface area contributed by atoms with E-state index in [0.717, 1.165) is 0 Å². The molecule has 0 aromatic carbocycles. The third-order valence-electron chi connectivity index (χ3n) is 5.13. The summed E-state index contributed by atoms with van der Waals surface area (Å²) in [5.74, 6) is -0.428. The minimum atomic E-state index is -1.37. The second-order valence-electron chi connectivity index (χ2n) is 8.85. The second kappa shape index (κ2) is 34.9. The Balaban J connectivity index is -0.00000130. The number of aliphatic hydroxyl groups excluding tert-OH is 3. The van der Waals surface area contributed by atoms with Gasteiger partial charge in [-0.3, -0.25) is 4.79 Å². The first-order chi connectivity index (χ1) is 23.5. The van der Waals surface area contributed by atoms with Crippen LogP contribution < -0.4 is 21.3 Å². The van der Waals surface area contributed by atoms with Gasteiger partial charge in [0.15, 0.2) is 6.29 Å². The molecule has 0 aromatic heterocycles. The van der Waals surface area contributed by atoms with Crippen LogP contribution in [0.25, 0.3) is 0 Å². The average molecular weight is 894 g/mol. The Morgan fingerprint density at radius 3 is 1.69 bits per heavy atom. The summed E-state index contributed by atoms with van der Waals surface area (Å²) in [6.07, 6.45) is 0.530. The number of carbonyl (C=O) groups excluding carboxylic acids is 1. The first-order valence-corrected chi connectivity index (χ1v) is 15.9. The number of hydrogen-bond donors (Lipinski definition) is 7. The van der Waals surface area contributed by atoms with Crippen LogP contribution in [-0.4, -0.2) is 158 Å². The van der Waals surface area contributed by atoms with Gasteiger partial charge in [-0.25, -0.2) is 0 Å². The minimum Gasteiger partial charge on any atom is -0.763 e. The van der Waals surface area contributed by atoms with E-state index in [2.05, 4.69) is 74.7 Å². The van der Waals surface area contributed by atoms with E-state index in [1.165, 1.54) is 31.8 Å². The molecular weight excluding hydrogens is 852 g/mol. The molecule has 20 nitrogen and oxygen atoms in total. The van der Waals surface area contributed by atoms with E-state index >= 15 is 0 Å². The van der Waals surface area contributed by atoms with E-state index in [1.807, 2.05) is 0 Å². The molecule has 1 fully saturated rings. The van der Waals surface area contributed by atoms with Crippen molar-refractivity contribution in [3.63, 3.8) is 0 Å². The predicted octanol–water partition coefficient (Wildman–Crippen LogP) is -3.39. The van der Waals surface area contributed by atoms with Gasteiger partial charge in [0.1, 0.15) is 24.4 Å². The van der Waals surface area contributed by atoms with E-state index in [4.69, 9.17) is 56.8 Å². The van der Waals surface area contributed by atoms with E-state index in [9.17, 15) is 20.1 Å². The molecule has 1 heterocycles. The van der Waals surface area contributed by atoms with Gasteiger partial charge in [0.25, 0.3) is 0 Å². The third kappa shape index (κ3) is 29.1. The zero-order valence-corrected chi connectivity index (χ0v) is 33.0. The zero-order chi connectivity index (χ0) is 36.9. The summed E-state index contributed by atoms with van der Waals surface area (Å²) in [6.45, 7) is 4.09. The van der Waals surface area contributed by atoms with Gasteiger partial charge in [-0.1, -0.05) is 5.04 Å². The van der Waals surface area contributed by atoms with Crippen LogP contribution >= 0.6 is 0 Å². The van der Waals surface area contributed by atoms with Crippen molar-refractivity contribution in [2.45, 2.75) is 44.5 Å². The van der Waals surface area contributed by atoms with Crippen LogP contribution in [0.2, 0.25) is 0 Å². The Hall–Kier alpha value is -2.13. The second-order valence-corrected chi connectivity index (χ2v) is 10.6. The number of amides is 1. The average Bonchev–Trinajstić information content (AvgIpc) is 3.07. The fourth-order valence-corrected chi connectivity index (χ4v) is 3.31. The van der Waals surface area contributed by atoms with E-state index in [0.29, 0.717) is 36.6 Å². The summed E-state index contributed by atoms with van der Waals surface area (Å²) in [5, 5.41) is 70.4. The fourth-order valence-electron chi connectivity index (χ4n) is 3.01. The summed E-state index contributed by atoms with van der Waals surface area (Å²) in [7, 11) is 3.30. The predicted molar refractivity (Wildman–Crippen MR) is 198 cm³/mol. The quantitative estimate of drug-likeness (QED) is 0.0177. The van der Waals surface area contributed by atoms with E-state index < -0.39 is 43.2 Å². The monoisotopic (exact) mass is 892 g/mol. The Morgan fingerprint density at radius 2 is 1.22 bits per heavy atom. The molecule has 1 rings (SSSR count). The smallest absolute Gasteiger partial charge is 0.763 e. The number of nitrogens with one attached hydrogen (secondary N) is 4. The molecular formula is C25H42Cu2N12O8S4. The maximum atomic E-state index is 11.4. The number of rotatable bonds is 18. The van der Waals surface area contributed by atoms with E-state index in [1.54, 1.807) is 21.0 Å². The molecule has 1 aliphatic rings. The molecule has 1 saturated heterocycles. The summed E-state index contributed by atoms with van der Waals surface area (Å²) in [6, 6.07) is -0.995. The van der Waals surface area contributed by atoms with Gasteiger partial charge in [0, 0.05) is 27.6 Å². The van der Waals surface area contributed by atoms with Gasteiger partial charge in [0.2, 0.25) is 5.91 Å². The largest absolute Gasteiger partial charge is 2.00 e. The number of amidine groups is 3. The minimum absolute atomic E-state index is 0. The van der Waals surface area contributed by atoms with Crippen LogP contribution in [0.4, 0.5) is 0 Å². The first-order valence-electron chi connectivity index (χ1n) is 14.3. The van der Waals surface area contributed by atoms with Crippen molar-refractivity contribution in [2.24, 2.45) is 40.8 Å². The van der Waals surface area contributed by atoms with Crippen LogP contribution in [0.15, 0.2) is 40.8 Å². The summed E-state index contributed by atoms with van der Waals surface area (Å²) in [4.78, 5) is 11.4. The first kappa shape index (κ1) is 53.2. The van der Waals surface area contributed by atoms with Crippen LogP contribution in [0.5, 0.6) is 0 Å². The number of nitrogens with zero attached hydrogens (tertiary/aromatic N) is 8.